The Morgan fingerprint density at radius 3 is 2.83 bits per heavy atom. The molecule has 0 aromatic carbocycles. The van der Waals surface area contributed by atoms with Crippen molar-refractivity contribution in [2.24, 2.45) is 5.16 Å². The quantitative estimate of drug-likeness (QED) is 0.119. The highest BCUT2D eigenvalue weighted by Gasteiger charge is 2.54. The number of nitrogen functional groups attached to an aromatic ring is 1. The van der Waals surface area contributed by atoms with Crippen molar-refractivity contribution in [1.82, 2.24) is 15.2 Å². The summed E-state index contributed by atoms with van der Waals surface area (Å²) in [6, 6.07) is -0.866. The zero-order valence-corrected chi connectivity index (χ0v) is 19.3. The number of nitrogens with two attached hydrogens (primary N) is 1. The number of ether oxygens (including phenoxy) is 1. The number of esters is 1. The van der Waals surface area contributed by atoms with E-state index in [2.05, 4.69) is 15.5 Å². The number of hydrogen-bond acceptors (Lipinski definition) is 12. The van der Waals surface area contributed by atoms with Gasteiger partial charge >= 0.3 is 5.97 Å². The zero-order valence-electron chi connectivity index (χ0n) is 16.0. The highest BCUT2D eigenvalue weighted by atomic mass is 32.2. The van der Waals surface area contributed by atoms with Crippen LogP contribution in [0.4, 0.5) is 5.13 Å². The minimum atomic E-state index is -0.866. The molecule has 1 aromatic rings. The van der Waals surface area contributed by atoms with Gasteiger partial charge in [0.25, 0.3) is 11.8 Å². The molecule has 2 aliphatic heterocycles. The van der Waals surface area contributed by atoms with Crippen molar-refractivity contribution in [3.8, 4) is 0 Å². The number of amides is 2. The first-order valence-corrected chi connectivity index (χ1v) is 13.2. The average Bonchev–Trinajstić information content (AvgIpc) is 3.16. The summed E-state index contributed by atoms with van der Waals surface area (Å²) >= 11 is 5.45. The van der Waals surface area contributed by atoms with Gasteiger partial charge in [0.05, 0.1) is 0 Å². The Kier molecular flexibility index (Phi) is 7.55. The topological polar surface area (TPSA) is 147 Å². The standard InChI is InChI=1S/C16H19N5O5S4/c1-27-3-7-4-29-14-10(13(23)21(14)11(7)15(24)26-6-28-2)19-12(22)9(20-25)8-5-30-16(17)18-8/h5,10,14,25H,3-4,6H2,1-2H3,(H2,17,18)(H,19,22)/t10?,14-/m1/s1. The summed E-state index contributed by atoms with van der Waals surface area (Å²) in [6.45, 7) is 0. The molecule has 14 heteroatoms. The minimum Gasteiger partial charge on any atom is -0.450 e. The monoisotopic (exact) mass is 489 g/mol. The van der Waals surface area contributed by atoms with Crippen molar-refractivity contribution in [1.29, 1.82) is 0 Å². The van der Waals surface area contributed by atoms with Crippen molar-refractivity contribution in [2.75, 3.05) is 35.7 Å². The van der Waals surface area contributed by atoms with E-state index in [1.807, 2.05) is 6.26 Å². The second kappa shape index (κ2) is 9.94. The van der Waals surface area contributed by atoms with Gasteiger partial charge in [-0.15, -0.1) is 34.9 Å². The molecule has 30 heavy (non-hydrogen) atoms. The van der Waals surface area contributed by atoms with Crippen LogP contribution in [0.5, 0.6) is 0 Å². The third kappa shape index (κ3) is 4.40. The highest BCUT2D eigenvalue weighted by molar-refractivity contribution is 8.00. The number of fused-ring (bicyclic) bond motifs is 1. The Hall–Kier alpha value is -1.90. The summed E-state index contributed by atoms with van der Waals surface area (Å²) in [5.74, 6) is -0.419. The Labute approximate surface area is 189 Å². The highest BCUT2D eigenvalue weighted by Crippen LogP contribution is 2.41. The fourth-order valence-electron chi connectivity index (χ4n) is 2.96. The van der Waals surface area contributed by atoms with Crippen LogP contribution in [0.1, 0.15) is 5.69 Å². The van der Waals surface area contributed by atoms with Crippen molar-refractivity contribution < 1.29 is 24.3 Å². The molecule has 2 amide bonds. The van der Waals surface area contributed by atoms with E-state index in [9.17, 15) is 19.6 Å². The van der Waals surface area contributed by atoms with Gasteiger partial charge in [-0.1, -0.05) is 5.16 Å². The summed E-state index contributed by atoms with van der Waals surface area (Å²) in [5, 5.41) is 16.0. The van der Waals surface area contributed by atoms with Gasteiger partial charge in [0.1, 0.15) is 28.7 Å². The van der Waals surface area contributed by atoms with Crippen LogP contribution in [0.2, 0.25) is 0 Å². The first kappa shape index (κ1) is 22.8. The largest absolute Gasteiger partial charge is 0.450 e. The third-order valence-corrected chi connectivity index (χ3v) is 7.24. The number of nitrogens with one attached hydrogen (secondary N) is 1. The van der Waals surface area contributed by atoms with Crippen molar-refractivity contribution in [2.45, 2.75) is 11.4 Å². The lowest BCUT2D eigenvalue weighted by molar-refractivity contribution is -0.151. The predicted molar refractivity (Wildman–Crippen MR) is 120 cm³/mol. The first-order chi connectivity index (χ1) is 14.4. The summed E-state index contributed by atoms with van der Waals surface area (Å²) in [4.78, 5) is 43.3. The number of nitrogens with zero attached hydrogens (tertiary/aromatic N) is 3. The number of aromatic nitrogens is 1. The lowest BCUT2D eigenvalue weighted by atomic mass is 10.0. The number of anilines is 1. The van der Waals surface area contributed by atoms with Crippen LogP contribution >= 0.6 is 46.6 Å². The lowest BCUT2D eigenvalue weighted by Gasteiger charge is -2.49. The van der Waals surface area contributed by atoms with E-state index in [1.165, 1.54) is 33.8 Å². The molecule has 1 unspecified atom stereocenters. The minimum absolute atomic E-state index is 0.112. The number of hydrogen-bond donors (Lipinski definition) is 3. The second-order valence-corrected chi connectivity index (χ2v) is 9.78. The molecule has 3 heterocycles. The maximum atomic E-state index is 12.8. The van der Waals surface area contributed by atoms with Gasteiger partial charge in [0.15, 0.2) is 10.8 Å². The predicted octanol–water partition coefficient (Wildman–Crippen LogP) is 0.784. The lowest BCUT2D eigenvalue weighted by Crippen LogP contribution is -2.71. The van der Waals surface area contributed by atoms with E-state index in [0.29, 0.717) is 11.5 Å². The molecular formula is C16H19N5O5S4. The molecule has 10 nitrogen and oxygen atoms in total. The molecule has 4 N–H and O–H groups in total. The maximum Gasteiger partial charge on any atom is 0.355 e. The molecule has 1 saturated heterocycles. The molecule has 0 saturated carbocycles. The molecule has 3 rings (SSSR count). The van der Waals surface area contributed by atoms with Gasteiger partial charge < -0.3 is 21.0 Å². The van der Waals surface area contributed by atoms with E-state index in [1.54, 1.807) is 18.0 Å². The molecule has 2 atom stereocenters. The van der Waals surface area contributed by atoms with Crippen LogP contribution < -0.4 is 11.1 Å². The smallest absolute Gasteiger partial charge is 0.355 e. The fourth-order valence-corrected chi connectivity index (χ4v) is 5.79. The Morgan fingerprint density at radius 1 is 1.47 bits per heavy atom. The molecule has 1 fully saturated rings. The SMILES string of the molecule is CSCOC(=O)C1=C(CSC)CS[C@@H]2C(NC(=O)C(=NO)c3csc(N)n3)C(=O)N12. The van der Waals surface area contributed by atoms with Gasteiger partial charge in [0, 0.05) is 16.9 Å². The van der Waals surface area contributed by atoms with E-state index < -0.39 is 29.2 Å². The number of carbonyl (C=O) groups excluding carboxylic acids is 3. The molecule has 0 radical (unpaired) electrons. The van der Waals surface area contributed by atoms with Crippen molar-refractivity contribution in [3.63, 3.8) is 0 Å². The number of thioether (sulfide) groups is 3. The summed E-state index contributed by atoms with van der Waals surface area (Å²) in [6.07, 6.45) is 3.72. The van der Waals surface area contributed by atoms with Gasteiger partial charge in [-0.05, 0) is 18.1 Å². The number of thiazole rings is 1. The number of oxime groups is 1. The van der Waals surface area contributed by atoms with E-state index in [4.69, 9.17) is 10.5 Å². The van der Waals surface area contributed by atoms with Crippen LogP contribution in [-0.2, 0) is 19.1 Å². The molecule has 162 valence electrons. The van der Waals surface area contributed by atoms with Crippen molar-refractivity contribution in [3.05, 3.63) is 22.3 Å². The second-order valence-electron chi connectivity index (χ2n) is 6.10. The Bertz CT molecular complexity index is 918. The molecule has 0 spiro atoms. The summed E-state index contributed by atoms with van der Waals surface area (Å²) < 4.78 is 5.24. The maximum absolute atomic E-state index is 12.8. The first-order valence-electron chi connectivity index (χ1n) is 8.48. The van der Waals surface area contributed by atoms with Crippen LogP contribution in [0.15, 0.2) is 21.8 Å². The van der Waals surface area contributed by atoms with E-state index in [-0.39, 0.29) is 28.2 Å². The molecule has 0 aliphatic carbocycles. The zero-order chi connectivity index (χ0) is 21.8. The summed E-state index contributed by atoms with van der Waals surface area (Å²) in [7, 11) is 0. The average molecular weight is 490 g/mol. The molecular weight excluding hydrogens is 470 g/mol. The van der Waals surface area contributed by atoms with E-state index >= 15 is 0 Å². The van der Waals surface area contributed by atoms with Gasteiger partial charge in [-0.3, -0.25) is 14.5 Å². The van der Waals surface area contributed by atoms with Crippen LogP contribution in [0, 0.1) is 0 Å². The van der Waals surface area contributed by atoms with Crippen molar-refractivity contribution >= 4 is 75.2 Å². The van der Waals surface area contributed by atoms with Gasteiger partial charge in [-0.2, -0.15) is 11.8 Å². The molecule has 1 aromatic heterocycles. The van der Waals surface area contributed by atoms with Gasteiger partial charge in [0.2, 0.25) is 0 Å². The van der Waals surface area contributed by atoms with Crippen LogP contribution in [0.3, 0.4) is 0 Å². The summed E-state index contributed by atoms with van der Waals surface area (Å²) in [5.41, 5.74) is 6.40. The normalized spacial score (nSPS) is 21.2. The molecule has 2 aliphatic rings. The number of β-lactam (4-membered cyclic amide) rings is 1. The Balaban J connectivity index is 1.77. The number of carbonyl (C=O) groups is 3. The van der Waals surface area contributed by atoms with E-state index in [0.717, 1.165) is 16.9 Å². The van der Waals surface area contributed by atoms with Crippen LogP contribution in [-0.4, -0.2) is 80.0 Å². The van der Waals surface area contributed by atoms with Crippen LogP contribution in [0.25, 0.3) is 0 Å². The molecule has 0 bridgehead atoms. The van der Waals surface area contributed by atoms with Gasteiger partial charge in [-0.25, -0.2) is 9.78 Å². The fraction of sp³-hybridized carbons (Fsp3) is 0.438. The Morgan fingerprint density at radius 2 is 2.23 bits per heavy atom. The third-order valence-electron chi connectivity index (χ3n) is 4.23. The number of rotatable bonds is 8.